The van der Waals surface area contributed by atoms with Gasteiger partial charge in [0.15, 0.2) is 0 Å². The molecule has 0 heterocycles. The molecule has 0 N–H and O–H groups in total. The third-order valence-corrected chi connectivity index (χ3v) is 9.75. The Kier molecular flexibility index (Phi) is 7.57. The molecule has 29 heavy (non-hydrogen) atoms. The highest BCUT2D eigenvalue weighted by Crippen LogP contribution is 2.44. The molecule has 0 aromatic heterocycles. The molecule has 3 nitrogen and oxygen atoms in total. The number of rotatable bonds is 7. The number of carbonyl (C=O) groups is 1. The second-order valence-corrected chi connectivity index (χ2v) is 13.3. The van der Waals surface area contributed by atoms with Crippen LogP contribution in [0.15, 0.2) is 25.3 Å². The molecule has 0 atom stereocenters. The molecule has 0 aliphatic carbocycles. The lowest BCUT2D eigenvalue weighted by Gasteiger charge is -2.38. The lowest BCUT2D eigenvalue weighted by atomic mass is 9.93. The number of hydrogen-bond donors (Lipinski definition) is 0. The summed E-state index contributed by atoms with van der Waals surface area (Å²) in [5.74, 6) is -1.68. The predicted molar refractivity (Wildman–Crippen MR) is 113 cm³/mol. The van der Waals surface area contributed by atoms with E-state index in [1.807, 2.05) is 0 Å². The average molecular weight is 429 g/mol. The van der Waals surface area contributed by atoms with Gasteiger partial charge in [0, 0.05) is 11.1 Å². The standard InChI is InChI=1S/C22H31F3O3Si/c1-10-12-16-14(3)18(27-20(26)22(23,24)25)15(4)17(13-11-2)19(16)28-29(8,9)21(5,6)7/h10-11H,1-2,12-13H2,3-9H3. The largest absolute Gasteiger partial charge is 0.543 e. The minimum Gasteiger partial charge on any atom is -0.543 e. The number of benzene rings is 1. The Morgan fingerprint density at radius 2 is 1.38 bits per heavy atom. The van der Waals surface area contributed by atoms with Gasteiger partial charge in [-0.2, -0.15) is 13.2 Å². The zero-order valence-corrected chi connectivity index (χ0v) is 19.3. The van der Waals surface area contributed by atoms with E-state index in [4.69, 9.17) is 9.16 Å². The fraction of sp³-hybridized carbons (Fsp3) is 0.500. The second kappa shape index (κ2) is 8.77. The predicted octanol–water partition coefficient (Wildman–Crippen LogP) is 6.61. The lowest BCUT2D eigenvalue weighted by molar-refractivity contribution is -0.189. The van der Waals surface area contributed by atoms with Crippen LogP contribution in [-0.4, -0.2) is 20.5 Å². The molecular weight excluding hydrogens is 397 g/mol. The molecule has 0 aliphatic heterocycles. The molecule has 162 valence electrons. The van der Waals surface area contributed by atoms with Gasteiger partial charge in [-0.15, -0.1) is 13.2 Å². The maximum absolute atomic E-state index is 12.8. The van der Waals surface area contributed by atoms with Gasteiger partial charge in [-0.25, -0.2) is 4.79 Å². The Labute approximate surface area is 172 Å². The van der Waals surface area contributed by atoms with E-state index >= 15 is 0 Å². The molecule has 0 spiro atoms. The van der Waals surface area contributed by atoms with E-state index < -0.39 is 20.5 Å². The summed E-state index contributed by atoms with van der Waals surface area (Å²) in [6, 6.07) is 0. The van der Waals surface area contributed by atoms with Crippen molar-refractivity contribution in [2.24, 2.45) is 0 Å². The lowest BCUT2D eigenvalue weighted by Crippen LogP contribution is -2.44. The van der Waals surface area contributed by atoms with Crippen molar-refractivity contribution in [1.82, 2.24) is 0 Å². The smallest absolute Gasteiger partial charge is 0.491 e. The quantitative estimate of drug-likeness (QED) is 0.212. The summed E-state index contributed by atoms with van der Waals surface area (Å²) < 4.78 is 49.8. The van der Waals surface area contributed by atoms with Crippen LogP contribution in [-0.2, 0) is 17.6 Å². The van der Waals surface area contributed by atoms with Crippen molar-refractivity contribution in [1.29, 1.82) is 0 Å². The molecule has 1 aromatic carbocycles. The molecule has 0 unspecified atom stereocenters. The first kappa shape index (κ1) is 25.0. The van der Waals surface area contributed by atoms with Gasteiger partial charge >= 0.3 is 12.1 Å². The molecule has 1 aromatic rings. The van der Waals surface area contributed by atoms with Crippen LogP contribution in [0.5, 0.6) is 11.5 Å². The van der Waals surface area contributed by atoms with Crippen LogP contribution in [0.2, 0.25) is 18.1 Å². The van der Waals surface area contributed by atoms with E-state index in [-0.39, 0.29) is 10.8 Å². The topological polar surface area (TPSA) is 35.5 Å². The Morgan fingerprint density at radius 1 is 0.966 bits per heavy atom. The molecule has 0 fully saturated rings. The SMILES string of the molecule is C=CCc1c(C)c(OC(=O)C(F)(F)F)c(C)c(CC=C)c1O[Si](C)(C)C(C)(C)C. The monoisotopic (exact) mass is 428 g/mol. The van der Waals surface area contributed by atoms with Crippen molar-refractivity contribution in [3.63, 3.8) is 0 Å². The third-order valence-electron chi connectivity index (χ3n) is 5.42. The van der Waals surface area contributed by atoms with E-state index in [0.717, 1.165) is 0 Å². The molecule has 0 amide bonds. The summed E-state index contributed by atoms with van der Waals surface area (Å²) in [7, 11) is -2.25. The summed E-state index contributed by atoms with van der Waals surface area (Å²) in [6.07, 6.45) is -1.02. The number of alkyl halides is 3. The van der Waals surface area contributed by atoms with Crippen LogP contribution in [0.3, 0.4) is 0 Å². The van der Waals surface area contributed by atoms with Crippen molar-refractivity contribution in [3.8, 4) is 11.5 Å². The average Bonchev–Trinajstić information content (AvgIpc) is 2.56. The summed E-state index contributed by atoms with van der Waals surface area (Å²) >= 11 is 0. The maximum atomic E-state index is 12.8. The minimum absolute atomic E-state index is 0.0763. The van der Waals surface area contributed by atoms with Crippen LogP contribution in [0.1, 0.15) is 43.0 Å². The third kappa shape index (κ3) is 5.53. The summed E-state index contributed by atoms with van der Waals surface area (Å²) in [6.45, 7) is 21.3. The van der Waals surface area contributed by atoms with E-state index in [0.29, 0.717) is 40.8 Å². The van der Waals surface area contributed by atoms with Crippen molar-refractivity contribution in [2.75, 3.05) is 0 Å². The number of carbonyl (C=O) groups excluding carboxylic acids is 1. The van der Waals surface area contributed by atoms with E-state index in [1.54, 1.807) is 26.0 Å². The van der Waals surface area contributed by atoms with Gasteiger partial charge < -0.3 is 9.16 Å². The zero-order valence-electron chi connectivity index (χ0n) is 18.3. The van der Waals surface area contributed by atoms with Crippen LogP contribution in [0, 0.1) is 13.8 Å². The fourth-order valence-corrected chi connectivity index (χ4v) is 3.76. The van der Waals surface area contributed by atoms with Crippen molar-refractivity contribution < 1.29 is 27.1 Å². The second-order valence-electron chi connectivity index (χ2n) is 8.60. The van der Waals surface area contributed by atoms with Crippen molar-refractivity contribution >= 4 is 14.3 Å². The van der Waals surface area contributed by atoms with E-state index in [1.165, 1.54) is 0 Å². The van der Waals surface area contributed by atoms with Crippen LogP contribution in [0.4, 0.5) is 13.2 Å². The number of halogens is 3. The molecular formula is C22H31F3O3Si. The number of ether oxygens (including phenoxy) is 1. The van der Waals surface area contributed by atoms with Crippen molar-refractivity contribution in [2.45, 2.75) is 71.8 Å². The van der Waals surface area contributed by atoms with E-state index in [9.17, 15) is 18.0 Å². The molecule has 1 rings (SSSR count). The highest BCUT2D eigenvalue weighted by Gasteiger charge is 2.43. The Morgan fingerprint density at radius 3 is 1.69 bits per heavy atom. The highest BCUT2D eigenvalue weighted by atomic mass is 28.4. The van der Waals surface area contributed by atoms with Gasteiger partial charge in [-0.3, -0.25) is 0 Å². The Balaban J connectivity index is 3.78. The van der Waals surface area contributed by atoms with Gasteiger partial charge in [0.2, 0.25) is 0 Å². The number of allylic oxidation sites excluding steroid dienone is 2. The van der Waals surface area contributed by atoms with Gasteiger partial charge in [-0.1, -0.05) is 32.9 Å². The van der Waals surface area contributed by atoms with Crippen LogP contribution >= 0.6 is 0 Å². The summed E-state index contributed by atoms with van der Waals surface area (Å²) in [4.78, 5) is 11.5. The molecule has 0 radical (unpaired) electrons. The van der Waals surface area contributed by atoms with Gasteiger partial charge in [0.1, 0.15) is 11.5 Å². The Bertz CT molecular complexity index is 766. The summed E-state index contributed by atoms with van der Waals surface area (Å²) in [5, 5.41) is -0.0763. The normalized spacial score (nSPS) is 12.5. The molecule has 7 heteroatoms. The van der Waals surface area contributed by atoms with Gasteiger partial charge in [0.05, 0.1) is 0 Å². The molecule has 0 aliphatic rings. The fourth-order valence-electron chi connectivity index (χ4n) is 2.69. The van der Waals surface area contributed by atoms with E-state index in [2.05, 4.69) is 47.0 Å². The van der Waals surface area contributed by atoms with Gasteiger partial charge in [0.25, 0.3) is 8.32 Å². The Hall–Kier alpha value is -2.02. The number of hydrogen-bond acceptors (Lipinski definition) is 3. The summed E-state index contributed by atoms with van der Waals surface area (Å²) in [5.41, 5.74) is 2.25. The first-order valence-electron chi connectivity index (χ1n) is 9.43. The molecule has 0 saturated heterocycles. The first-order chi connectivity index (χ1) is 13.1. The van der Waals surface area contributed by atoms with Gasteiger partial charge in [-0.05, 0) is 55.9 Å². The zero-order chi connectivity index (χ0) is 22.8. The number of esters is 1. The minimum atomic E-state index is -5.08. The maximum Gasteiger partial charge on any atom is 0.491 e. The van der Waals surface area contributed by atoms with Crippen LogP contribution in [0.25, 0.3) is 0 Å². The highest BCUT2D eigenvalue weighted by molar-refractivity contribution is 6.74. The molecule has 0 saturated carbocycles. The van der Waals surface area contributed by atoms with Crippen molar-refractivity contribution in [3.05, 3.63) is 47.6 Å². The molecule has 0 bridgehead atoms. The first-order valence-corrected chi connectivity index (χ1v) is 12.3. The van der Waals surface area contributed by atoms with Crippen LogP contribution < -0.4 is 9.16 Å².